The summed E-state index contributed by atoms with van der Waals surface area (Å²) in [5.74, 6) is 1.34. The van der Waals surface area contributed by atoms with E-state index in [9.17, 15) is 5.11 Å². The lowest BCUT2D eigenvalue weighted by Crippen LogP contribution is -2.27. The maximum Gasteiger partial charge on any atom is 0.0541 e. The molecule has 0 aliphatic heterocycles. The van der Waals surface area contributed by atoms with Gasteiger partial charge < -0.3 is 5.11 Å². The Morgan fingerprint density at radius 1 is 1.17 bits per heavy atom. The third kappa shape index (κ3) is 2.40. The molecular weight excluding hydrogens is 168 g/mol. The van der Waals surface area contributed by atoms with E-state index >= 15 is 0 Å². The number of rotatable bonds is 2. The molecule has 74 valence electrons. The lowest BCUT2D eigenvalue weighted by molar-refractivity contribution is 0.132. The molecule has 0 atom stereocenters. The molecule has 0 unspecified atom stereocenters. The Morgan fingerprint density at radius 2 is 1.67 bits per heavy atom. The van der Waals surface area contributed by atoms with Crippen molar-refractivity contribution in [2.24, 2.45) is 0 Å². The third-order valence-electron chi connectivity index (χ3n) is 3.29. The van der Waals surface area contributed by atoms with Crippen LogP contribution in [0.2, 0.25) is 0 Å². The van der Waals surface area contributed by atoms with Crippen molar-refractivity contribution in [1.29, 1.82) is 0 Å². The van der Waals surface area contributed by atoms with E-state index in [1.165, 1.54) is 18.6 Å². The Morgan fingerprint density at radius 3 is 2.08 bits per heavy atom. The van der Waals surface area contributed by atoms with E-state index in [-0.39, 0.29) is 16.1 Å². The largest absolute Gasteiger partial charge is 0.393 e. The SMILES string of the molecule is CCS(C)(C)C1CCC(O)CC1. The Bertz CT molecular complexity index is 137. The minimum Gasteiger partial charge on any atom is -0.393 e. The first-order valence-electron chi connectivity index (χ1n) is 4.94. The van der Waals surface area contributed by atoms with E-state index in [0.717, 1.165) is 18.1 Å². The van der Waals surface area contributed by atoms with Gasteiger partial charge in [-0.15, -0.1) is 0 Å². The zero-order valence-corrected chi connectivity index (χ0v) is 9.36. The van der Waals surface area contributed by atoms with Gasteiger partial charge in [0.1, 0.15) is 0 Å². The predicted molar refractivity (Wildman–Crippen MR) is 58.2 cm³/mol. The summed E-state index contributed by atoms with van der Waals surface area (Å²) in [6.45, 7) is 2.31. The van der Waals surface area contributed by atoms with Gasteiger partial charge in [0.05, 0.1) is 6.10 Å². The van der Waals surface area contributed by atoms with Gasteiger partial charge in [-0.1, -0.05) is 6.92 Å². The van der Waals surface area contributed by atoms with Crippen LogP contribution in [0.25, 0.3) is 0 Å². The van der Waals surface area contributed by atoms with Gasteiger partial charge in [-0.25, -0.2) is 10.0 Å². The van der Waals surface area contributed by atoms with Crippen molar-refractivity contribution >= 4 is 10.0 Å². The standard InChI is InChI=1S/C10H22OS/c1-4-12(2,3)10-7-5-9(11)6-8-10/h9-11H,4-8H2,1-3H3. The molecule has 2 heteroatoms. The van der Waals surface area contributed by atoms with E-state index in [2.05, 4.69) is 19.4 Å². The first kappa shape index (κ1) is 10.4. The summed E-state index contributed by atoms with van der Waals surface area (Å²) in [7, 11) is -0.356. The van der Waals surface area contributed by atoms with Crippen LogP contribution >= 0.6 is 10.0 Å². The monoisotopic (exact) mass is 190 g/mol. The Balaban J connectivity index is 2.44. The lowest BCUT2D eigenvalue weighted by Gasteiger charge is -2.42. The van der Waals surface area contributed by atoms with Gasteiger partial charge in [0.15, 0.2) is 0 Å². The molecule has 1 saturated carbocycles. The zero-order valence-electron chi connectivity index (χ0n) is 8.55. The van der Waals surface area contributed by atoms with Gasteiger partial charge in [-0.3, -0.25) is 0 Å². The maximum absolute atomic E-state index is 9.37. The molecule has 1 rings (SSSR count). The fourth-order valence-electron chi connectivity index (χ4n) is 1.92. The molecule has 1 aliphatic carbocycles. The lowest BCUT2D eigenvalue weighted by atomic mass is 9.97. The van der Waals surface area contributed by atoms with Crippen molar-refractivity contribution in [2.45, 2.75) is 44.0 Å². The first-order chi connectivity index (χ1) is 5.56. The summed E-state index contributed by atoms with van der Waals surface area (Å²) >= 11 is 0. The van der Waals surface area contributed by atoms with Gasteiger partial charge in [0, 0.05) is 0 Å². The Labute approximate surface area is 77.9 Å². The van der Waals surface area contributed by atoms with E-state index < -0.39 is 0 Å². The van der Waals surface area contributed by atoms with E-state index in [1.54, 1.807) is 0 Å². The smallest absolute Gasteiger partial charge is 0.0541 e. The molecule has 1 aliphatic rings. The fourth-order valence-corrected chi connectivity index (χ4v) is 3.94. The summed E-state index contributed by atoms with van der Waals surface area (Å²) in [6, 6.07) is 0. The summed E-state index contributed by atoms with van der Waals surface area (Å²) in [5, 5.41) is 10.3. The Kier molecular flexibility index (Phi) is 3.47. The van der Waals surface area contributed by atoms with Crippen molar-refractivity contribution < 1.29 is 5.11 Å². The van der Waals surface area contributed by atoms with Gasteiger partial charge >= 0.3 is 0 Å². The summed E-state index contributed by atoms with van der Waals surface area (Å²) in [6.07, 6.45) is 9.50. The highest BCUT2D eigenvalue weighted by molar-refractivity contribution is 8.33. The van der Waals surface area contributed by atoms with Crippen molar-refractivity contribution in [3.05, 3.63) is 0 Å². The van der Waals surface area contributed by atoms with Gasteiger partial charge in [0.25, 0.3) is 0 Å². The summed E-state index contributed by atoms with van der Waals surface area (Å²) in [4.78, 5) is 0. The third-order valence-corrected chi connectivity index (χ3v) is 7.05. The molecule has 0 aromatic carbocycles. The highest BCUT2D eigenvalue weighted by atomic mass is 32.3. The minimum absolute atomic E-state index is 0.00769. The average molecular weight is 190 g/mol. The van der Waals surface area contributed by atoms with Crippen molar-refractivity contribution in [2.75, 3.05) is 18.3 Å². The fraction of sp³-hybridized carbons (Fsp3) is 1.00. The van der Waals surface area contributed by atoms with E-state index in [1.807, 2.05) is 0 Å². The van der Waals surface area contributed by atoms with Crippen molar-refractivity contribution in [1.82, 2.24) is 0 Å². The molecule has 0 spiro atoms. The van der Waals surface area contributed by atoms with Crippen molar-refractivity contribution in [3.8, 4) is 0 Å². The molecular formula is C10H22OS. The number of hydrogen-bond donors (Lipinski definition) is 1. The van der Waals surface area contributed by atoms with Crippen LogP contribution in [0.3, 0.4) is 0 Å². The molecule has 0 radical (unpaired) electrons. The van der Waals surface area contributed by atoms with Crippen LogP contribution in [0.1, 0.15) is 32.6 Å². The van der Waals surface area contributed by atoms with Gasteiger partial charge in [-0.2, -0.15) is 0 Å². The molecule has 1 nitrogen and oxygen atoms in total. The van der Waals surface area contributed by atoms with Gasteiger partial charge in [-0.05, 0) is 49.2 Å². The molecule has 0 heterocycles. The molecule has 0 bridgehead atoms. The second-order valence-corrected chi connectivity index (χ2v) is 8.83. The second kappa shape index (κ2) is 4.01. The molecule has 12 heavy (non-hydrogen) atoms. The Hall–Kier alpha value is 0.310. The molecule has 0 aromatic heterocycles. The second-order valence-electron chi connectivity index (χ2n) is 4.34. The summed E-state index contributed by atoms with van der Waals surface area (Å²) < 4.78 is 0. The molecule has 1 N–H and O–H groups in total. The van der Waals surface area contributed by atoms with Crippen LogP contribution in [-0.2, 0) is 0 Å². The van der Waals surface area contributed by atoms with Crippen LogP contribution in [0, 0.1) is 0 Å². The molecule has 0 aromatic rings. The number of aliphatic hydroxyl groups is 1. The minimum atomic E-state index is -0.356. The first-order valence-corrected chi connectivity index (χ1v) is 7.62. The van der Waals surface area contributed by atoms with Crippen LogP contribution in [0.15, 0.2) is 0 Å². The maximum atomic E-state index is 9.37. The van der Waals surface area contributed by atoms with E-state index in [4.69, 9.17) is 0 Å². The van der Waals surface area contributed by atoms with Crippen LogP contribution in [0.5, 0.6) is 0 Å². The van der Waals surface area contributed by atoms with Crippen LogP contribution in [-0.4, -0.2) is 34.7 Å². The highest BCUT2D eigenvalue weighted by Gasteiger charge is 2.27. The van der Waals surface area contributed by atoms with Crippen LogP contribution < -0.4 is 0 Å². The van der Waals surface area contributed by atoms with Gasteiger partial charge in [0.2, 0.25) is 0 Å². The molecule has 0 amide bonds. The topological polar surface area (TPSA) is 20.2 Å². The quantitative estimate of drug-likeness (QED) is 0.709. The normalized spacial score (nSPS) is 33.3. The summed E-state index contributed by atoms with van der Waals surface area (Å²) in [5.41, 5.74) is 0. The predicted octanol–water partition coefficient (Wildman–Crippen LogP) is 2.37. The van der Waals surface area contributed by atoms with Crippen molar-refractivity contribution in [3.63, 3.8) is 0 Å². The van der Waals surface area contributed by atoms with E-state index in [0.29, 0.717) is 0 Å². The number of aliphatic hydroxyl groups excluding tert-OH is 1. The number of hydrogen-bond acceptors (Lipinski definition) is 1. The van der Waals surface area contributed by atoms with Crippen LogP contribution in [0.4, 0.5) is 0 Å². The zero-order chi connectivity index (χ0) is 9.19. The average Bonchev–Trinajstić information content (AvgIpc) is 2.05. The highest BCUT2D eigenvalue weighted by Crippen LogP contribution is 2.50. The molecule has 1 fully saturated rings. The molecule has 0 saturated heterocycles.